The van der Waals surface area contributed by atoms with Gasteiger partial charge in [0.2, 0.25) is 5.91 Å². The number of nitrogens with zero attached hydrogens (tertiary/aromatic N) is 1. The van der Waals surface area contributed by atoms with Gasteiger partial charge in [0.1, 0.15) is 23.5 Å². The summed E-state index contributed by atoms with van der Waals surface area (Å²) in [5.41, 5.74) is 1.18. The minimum Gasteiger partial charge on any atom is -0.489 e. The Morgan fingerprint density at radius 3 is 2.93 bits per heavy atom. The molecule has 6 heteroatoms. The molecule has 1 N–H and O–H groups in total. The molecule has 1 aromatic heterocycles. The fourth-order valence-corrected chi connectivity index (χ4v) is 4.24. The standard InChI is InChI=1S/C21H24N2O4/c1-14-7-8-15-5-4-6-17(19(15)23-14)26-12-11-22-20(25)16-13-18(24)27-21(16)9-2-3-10-21/h4-8,16H,2-3,9-13H2,1H3,(H,22,25)/t16-/m1/s1. The Hall–Kier alpha value is -2.63. The van der Waals surface area contributed by atoms with Crippen molar-refractivity contribution in [1.29, 1.82) is 0 Å². The number of carbonyl (C=O) groups is 2. The smallest absolute Gasteiger partial charge is 0.307 e. The fourth-order valence-electron chi connectivity index (χ4n) is 4.24. The first kappa shape index (κ1) is 17.8. The van der Waals surface area contributed by atoms with Crippen LogP contribution in [0, 0.1) is 12.8 Å². The second-order valence-electron chi connectivity index (χ2n) is 7.42. The number of carbonyl (C=O) groups excluding carboxylic acids is 2. The molecule has 0 bridgehead atoms. The van der Waals surface area contributed by atoms with Gasteiger partial charge in [-0.15, -0.1) is 0 Å². The van der Waals surface area contributed by atoms with Crippen LogP contribution in [0.25, 0.3) is 10.9 Å². The number of pyridine rings is 1. The zero-order chi connectivity index (χ0) is 18.9. The number of fused-ring (bicyclic) bond motifs is 1. The van der Waals surface area contributed by atoms with E-state index in [4.69, 9.17) is 9.47 Å². The van der Waals surface area contributed by atoms with E-state index < -0.39 is 5.60 Å². The molecule has 2 aliphatic rings. The van der Waals surface area contributed by atoms with Gasteiger partial charge in [-0.1, -0.05) is 18.2 Å². The number of aryl methyl sites for hydroxylation is 1. The largest absolute Gasteiger partial charge is 0.489 e. The van der Waals surface area contributed by atoms with Crippen molar-refractivity contribution >= 4 is 22.8 Å². The summed E-state index contributed by atoms with van der Waals surface area (Å²) in [4.78, 5) is 28.9. The van der Waals surface area contributed by atoms with Gasteiger partial charge in [0, 0.05) is 11.1 Å². The Morgan fingerprint density at radius 1 is 1.30 bits per heavy atom. The van der Waals surface area contributed by atoms with E-state index in [-0.39, 0.29) is 24.2 Å². The second-order valence-corrected chi connectivity index (χ2v) is 7.42. The molecule has 27 heavy (non-hydrogen) atoms. The Kier molecular flexibility index (Phi) is 4.72. The average Bonchev–Trinajstić information content (AvgIpc) is 3.25. The molecule has 1 spiro atoms. The van der Waals surface area contributed by atoms with Crippen LogP contribution in [0.1, 0.15) is 37.8 Å². The zero-order valence-electron chi connectivity index (χ0n) is 15.5. The van der Waals surface area contributed by atoms with E-state index >= 15 is 0 Å². The van der Waals surface area contributed by atoms with Crippen molar-refractivity contribution in [2.45, 2.75) is 44.6 Å². The first-order chi connectivity index (χ1) is 13.1. The summed E-state index contributed by atoms with van der Waals surface area (Å²) < 4.78 is 11.4. The van der Waals surface area contributed by atoms with Crippen LogP contribution >= 0.6 is 0 Å². The summed E-state index contributed by atoms with van der Waals surface area (Å²) in [5.74, 6) is -0.0461. The maximum Gasteiger partial charge on any atom is 0.307 e. The number of hydrogen-bond acceptors (Lipinski definition) is 5. The molecular weight excluding hydrogens is 344 g/mol. The topological polar surface area (TPSA) is 77.5 Å². The number of benzene rings is 1. The van der Waals surface area contributed by atoms with Crippen LogP contribution in [0.15, 0.2) is 30.3 Å². The second kappa shape index (κ2) is 7.18. The molecule has 1 aliphatic carbocycles. The van der Waals surface area contributed by atoms with Crippen molar-refractivity contribution in [3.05, 3.63) is 36.0 Å². The van der Waals surface area contributed by atoms with Crippen LogP contribution in [-0.2, 0) is 14.3 Å². The number of ether oxygens (including phenoxy) is 2. The first-order valence-electron chi connectivity index (χ1n) is 9.56. The van der Waals surface area contributed by atoms with Crippen molar-refractivity contribution in [2.75, 3.05) is 13.2 Å². The molecule has 6 nitrogen and oxygen atoms in total. The summed E-state index contributed by atoms with van der Waals surface area (Å²) in [6.45, 7) is 2.66. The minimum absolute atomic E-state index is 0.113. The van der Waals surface area contributed by atoms with E-state index in [0.717, 1.165) is 42.3 Å². The van der Waals surface area contributed by atoms with Crippen molar-refractivity contribution in [1.82, 2.24) is 10.3 Å². The number of esters is 1. The highest BCUT2D eigenvalue weighted by Gasteiger charge is 2.53. The Balaban J connectivity index is 1.35. The third-order valence-corrected chi connectivity index (χ3v) is 5.57. The summed E-state index contributed by atoms with van der Waals surface area (Å²) in [6, 6.07) is 9.79. The predicted octanol–water partition coefficient (Wildman–Crippen LogP) is 2.91. The molecule has 2 heterocycles. The monoisotopic (exact) mass is 368 g/mol. The van der Waals surface area contributed by atoms with Crippen LogP contribution in [0.4, 0.5) is 0 Å². The number of rotatable bonds is 5. The SMILES string of the molecule is Cc1ccc2cccc(OCCNC(=O)[C@H]3CC(=O)OC34CCCC4)c2n1. The summed E-state index contributed by atoms with van der Waals surface area (Å²) in [6.07, 6.45) is 3.77. The molecule has 1 saturated heterocycles. The van der Waals surface area contributed by atoms with Crippen LogP contribution in [-0.4, -0.2) is 35.6 Å². The van der Waals surface area contributed by atoms with Crippen LogP contribution < -0.4 is 10.1 Å². The lowest BCUT2D eigenvalue weighted by Gasteiger charge is -2.27. The molecule has 142 valence electrons. The number of hydrogen-bond donors (Lipinski definition) is 1. The highest BCUT2D eigenvalue weighted by molar-refractivity contribution is 5.88. The third-order valence-electron chi connectivity index (χ3n) is 5.57. The lowest BCUT2D eigenvalue weighted by molar-refractivity contribution is -0.149. The van der Waals surface area contributed by atoms with Gasteiger partial charge >= 0.3 is 5.97 Å². The average molecular weight is 368 g/mol. The summed E-state index contributed by atoms with van der Waals surface area (Å²) in [7, 11) is 0. The zero-order valence-corrected chi connectivity index (χ0v) is 15.5. The van der Waals surface area contributed by atoms with Gasteiger partial charge in [-0.25, -0.2) is 4.98 Å². The van der Waals surface area contributed by atoms with Crippen LogP contribution in [0.2, 0.25) is 0 Å². The molecule has 2 fully saturated rings. The minimum atomic E-state index is -0.570. The quantitative estimate of drug-likeness (QED) is 0.649. The molecule has 1 atom stereocenters. The molecule has 1 aliphatic heterocycles. The number of nitrogens with one attached hydrogen (secondary N) is 1. The molecule has 2 aromatic rings. The number of aromatic nitrogens is 1. The van der Waals surface area contributed by atoms with E-state index in [1.807, 2.05) is 37.3 Å². The molecule has 0 radical (unpaired) electrons. The number of para-hydroxylation sites is 1. The van der Waals surface area contributed by atoms with Gasteiger partial charge in [0.15, 0.2) is 0 Å². The van der Waals surface area contributed by atoms with E-state index in [1.165, 1.54) is 0 Å². The third kappa shape index (κ3) is 3.48. The molecular formula is C21H24N2O4. The van der Waals surface area contributed by atoms with Crippen molar-refractivity contribution in [3.8, 4) is 5.75 Å². The van der Waals surface area contributed by atoms with Gasteiger partial charge in [-0.3, -0.25) is 9.59 Å². The lowest BCUT2D eigenvalue weighted by atomic mass is 9.85. The van der Waals surface area contributed by atoms with Gasteiger partial charge < -0.3 is 14.8 Å². The first-order valence-corrected chi connectivity index (χ1v) is 9.56. The Bertz CT molecular complexity index is 874. The fraction of sp³-hybridized carbons (Fsp3) is 0.476. The highest BCUT2D eigenvalue weighted by atomic mass is 16.6. The predicted molar refractivity (Wildman–Crippen MR) is 100 cm³/mol. The van der Waals surface area contributed by atoms with E-state index in [1.54, 1.807) is 0 Å². The van der Waals surface area contributed by atoms with Gasteiger partial charge in [-0.05, 0) is 44.7 Å². The normalized spacial score (nSPS) is 20.8. The Labute approximate surface area is 158 Å². The van der Waals surface area contributed by atoms with E-state index in [2.05, 4.69) is 10.3 Å². The molecule has 1 amide bonds. The number of amides is 1. The van der Waals surface area contributed by atoms with Crippen LogP contribution in [0.3, 0.4) is 0 Å². The van der Waals surface area contributed by atoms with Crippen LogP contribution in [0.5, 0.6) is 5.75 Å². The maximum atomic E-state index is 12.6. The highest BCUT2D eigenvalue weighted by Crippen LogP contribution is 2.45. The van der Waals surface area contributed by atoms with Crippen molar-refractivity contribution in [2.24, 2.45) is 5.92 Å². The lowest BCUT2D eigenvalue weighted by Crippen LogP contribution is -2.43. The molecule has 1 saturated carbocycles. The van der Waals surface area contributed by atoms with Crippen molar-refractivity contribution < 1.29 is 19.1 Å². The van der Waals surface area contributed by atoms with Gasteiger partial charge in [0.05, 0.1) is 18.9 Å². The van der Waals surface area contributed by atoms with Gasteiger partial charge in [0.25, 0.3) is 0 Å². The van der Waals surface area contributed by atoms with E-state index in [9.17, 15) is 9.59 Å². The van der Waals surface area contributed by atoms with E-state index in [0.29, 0.717) is 18.9 Å². The maximum absolute atomic E-state index is 12.6. The molecule has 1 aromatic carbocycles. The van der Waals surface area contributed by atoms with Crippen molar-refractivity contribution in [3.63, 3.8) is 0 Å². The molecule has 0 unspecified atom stereocenters. The Morgan fingerprint density at radius 2 is 2.11 bits per heavy atom. The summed E-state index contributed by atoms with van der Waals surface area (Å²) in [5, 5.41) is 3.93. The van der Waals surface area contributed by atoms with Gasteiger partial charge in [-0.2, -0.15) is 0 Å². The molecule has 4 rings (SSSR count). The summed E-state index contributed by atoms with van der Waals surface area (Å²) >= 11 is 0.